The average molecular weight is 421 g/mol. The number of aromatic hydroxyl groups is 1. The zero-order valence-electron chi connectivity index (χ0n) is 15.8. The Bertz CT molecular complexity index is 1140. The van der Waals surface area contributed by atoms with Gasteiger partial charge in [0.1, 0.15) is 5.82 Å². The van der Waals surface area contributed by atoms with Crippen LogP contribution in [0.2, 0.25) is 5.02 Å². The van der Waals surface area contributed by atoms with Crippen molar-refractivity contribution >= 4 is 34.3 Å². The van der Waals surface area contributed by atoms with Crippen LogP contribution in [0.5, 0.6) is 5.75 Å². The van der Waals surface area contributed by atoms with E-state index < -0.39 is 29.2 Å². The Hall–Kier alpha value is -2.93. The van der Waals surface area contributed by atoms with Crippen molar-refractivity contribution in [3.05, 3.63) is 63.8 Å². The van der Waals surface area contributed by atoms with Crippen LogP contribution in [0.1, 0.15) is 47.3 Å². The summed E-state index contributed by atoms with van der Waals surface area (Å²) in [6.07, 6.45) is 0.429. The molecule has 5 nitrogen and oxygen atoms in total. The molecule has 1 heterocycles. The predicted octanol–water partition coefficient (Wildman–Crippen LogP) is 4.64. The van der Waals surface area contributed by atoms with Crippen LogP contribution in [0.25, 0.3) is 10.9 Å². The van der Waals surface area contributed by atoms with E-state index in [-0.39, 0.29) is 33.8 Å². The van der Waals surface area contributed by atoms with Crippen LogP contribution in [-0.4, -0.2) is 21.5 Å². The Kier molecular flexibility index (Phi) is 5.61. The molecule has 0 bridgehead atoms. The Balaban J connectivity index is 2.23. The number of aromatic nitrogens is 1. The summed E-state index contributed by atoms with van der Waals surface area (Å²) in [5.74, 6) is -3.54. The van der Waals surface area contributed by atoms with Gasteiger partial charge in [-0.2, -0.15) is 0 Å². The minimum Gasteiger partial charge on any atom is -0.505 e. The number of halogens is 3. The van der Waals surface area contributed by atoms with Crippen LogP contribution in [0.15, 0.2) is 30.3 Å². The van der Waals surface area contributed by atoms with E-state index in [1.54, 1.807) is 13.8 Å². The molecule has 0 spiro atoms. The molecule has 0 fully saturated rings. The number of hydrogen-bond donors (Lipinski definition) is 2. The van der Waals surface area contributed by atoms with E-state index in [1.807, 2.05) is 0 Å². The quantitative estimate of drug-likeness (QED) is 0.630. The number of hydrogen-bond acceptors (Lipinski definition) is 3. The van der Waals surface area contributed by atoms with Crippen molar-refractivity contribution in [1.82, 2.24) is 4.57 Å². The molecule has 2 aromatic carbocycles. The molecule has 1 amide bonds. The van der Waals surface area contributed by atoms with Crippen molar-refractivity contribution in [3.8, 4) is 5.75 Å². The zero-order valence-corrected chi connectivity index (χ0v) is 16.6. The number of rotatable bonds is 5. The summed E-state index contributed by atoms with van der Waals surface area (Å²) >= 11 is 5.69. The molecule has 29 heavy (non-hydrogen) atoms. The fourth-order valence-corrected chi connectivity index (χ4v) is 3.72. The summed E-state index contributed by atoms with van der Waals surface area (Å²) in [7, 11) is 0. The number of fused-ring (bicyclic) bond motifs is 1. The van der Waals surface area contributed by atoms with Gasteiger partial charge in [0.25, 0.3) is 5.91 Å². The minimum atomic E-state index is -0.861. The molecular formula is C21H19ClF2N2O3. The van der Waals surface area contributed by atoms with E-state index in [9.17, 15) is 23.5 Å². The molecule has 0 aliphatic heterocycles. The third-order valence-electron chi connectivity index (χ3n) is 5.02. The number of benzene rings is 2. The molecule has 1 atom stereocenters. The maximum atomic E-state index is 14.9. The van der Waals surface area contributed by atoms with Crippen LogP contribution < -0.4 is 5.73 Å². The lowest BCUT2D eigenvalue weighted by molar-refractivity contribution is -0.118. The number of carbonyl (C=O) groups excluding carboxylic acids is 2. The molecule has 3 aromatic rings. The normalized spacial score (nSPS) is 12.3. The van der Waals surface area contributed by atoms with E-state index in [4.69, 9.17) is 17.3 Å². The number of primary amides is 1. The van der Waals surface area contributed by atoms with Gasteiger partial charge in [-0.1, -0.05) is 18.5 Å². The van der Waals surface area contributed by atoms with E-state index >= 15 is 0 Å². The van der Waals surface area contributed by atoms with Crippen molar-refractivity contribution in [3.63, 3.8) is 0 Å². The molecule has 152 valence electrons. The zero-order chi connectivity index (χ0) is 21.5. The first-order chi connectivity index (χ1) is 13.6. The minimum absolute atomic E-state index is 0.0386. The largest absolute Gasteiger partial charge is 0.505 e. The highest BCUT2D eigenvalue weighted by Crippen LogP contribution is 2.38. The molecule has 3 rings (SSSR count). The first-order valence-electron chi connectivity index (χ1n) is 8.93. The fraction of sp³-hybridized carbons (Fsp3) is 0.238. The summed E-state index contributed by atoms with van der Waals surface area (Å²) in [5, 5.41) is 9.82. The van der Waals surface area contributed by atoms with Gasteiger partial charge in [0.15, 0.2) is 11.6 Å². The third-order valence-corrected chi connectivity index (χ3v) is 5.33. The van der Waals surface area contributed by atoms with Crippen molar-refractivity contribution < 1.29 is 23.5 Å². The van der Waals surface area contributed by atoms with Gasteiger partial charge in [-0.25, -0.2) is 8.78 Å². The molecule has 3 N–H and O–H groups in total. The highest BCUT2D eigenvalue weighted by Gasteiger charge is 2.26. The SMILES string of the molecule is Cc1c([C@@H](C)CCC(N)=O)c2c(F)c(O)ccc2n1C(=O)c1ccc(Cl)c(F)c1. The van der Waals surface area contributed by atoms with E-state index in [0.717, 1.165) is 12.1 Å². The number of phenols is 1. The lowest BCUT2D eigenvalue weighted by atomic mass is 9.93. The number of carbonyl (C=O) groups is 2. The summed E-state index contributed by atoms with van der Waals surface area (Å²) in [6.45, 7) is 3.42. The fourth-order valence-electron chi connectivity index (χ4n) is 3.61. The maximum absolute atomic E-state index is 14.9. The van der Waals surface area contributed by atoms with E-state index in [1.165, 1.54) is 22.8 Å². The summed E-state index contributed by atoms with van der Waals surface area (Å²) in [6, 6.07) is 6.25. The summed E-state index contributed by atoms with van der Waals surface area (Å²) in [4.78, 5) is 24.3. The van der Waals surface area contributed by atoms with Gasteiger partial charge in [0.2, 0.25) is 5.91 Å². The number of amides is 1. The van der Waals surface area contributed by atoms with Gasteiger partial charge in [-0.15, -0.1) is 0 Å². The molecule has 8 heteroatoms. The standard InChI is InChI=1S/C21H19ClF2N2O3/c1-10(3-8-17(25)28)18-11(2)26(15-6-7-16(27)20(24)19(15)18)21(29)12-4-5-13(22)14(23)9-12/h4-7,9-10,27H,3,8H2,1-2H3,(H2,25,28)/t10-/m0/s1. The smallest absolute Gasteiger partial charge is 0.262 e. The number of phenolic OH excluding ortho intramolecular Hbond substituents is 1. The van der Waals surface area contributed by atoms with Gasteiger partial charge < -0.3 is 10.8 Å². The van der Waals surface area contributed by atoms with Crippen LogP contribution >= 0.6 is 11.6 Å². The van der Waals surface area contributed by atoms with Gasteiger partial charge in [0.05, 0.1) is 10.5 Å². The second-order valence-electron chi connectivity index (χ2n) is 6.97. The Morgan fingerprint density at radius 2 is 1.93 bits per heavy atom. The molecule has 0 saturated heterocycles. The van der Waals surface area contributed by atoms with E-state index in [0.29, 0.717) is 17.7 Å². The van der Waals surface area contributed by atoms with Crippen LogP contribution in [0.4, 0.5) is 8.78 Å². The highest BCUT2D eigenvalue weighted by atomic mass is 35.5. The van der Waals surface area contributed by atoms with Crippen molar-refractivity contribution in [2.75, 3.05) is 0 Å². The second-order valence-corrected chi connectivity index (χ2v) is 7.37. The third kappa shape index (κ3) is 3.70. The molecule has 0 radical (unpaired) electrons. The molecule has 0 saturated carbocycles. The van der Waals surface area contributed by atoms with Gasteiger partial charge >= 0.3 is 0 Å². The van der Waals surface area contributed by atoms with Crippen molar-refractivity contribution in [2.45, 2.75) is 32.6 Å². The van der Waals surface area contributed by atoms with Crippen molar-refractivity contribution in [2.24, 2.45) is 5.73 Å². The van der Waals surface area contributed by atoms with Gasteiger partial charge in [0, 0.05) is 23.1 Å². The summed E-state index contributed by atoms with van der Waals surface area (Å²) in [5.41, 5.74) is 6.41. The Morgan fingerprint density at radius 3 is 2.55 bits per heavy atom. The maximum Gasteiger partial charge on any atom is 0.262 e. The van der Waals surface area contributed by atoms with Crippen molar-refractivity contribution in [1.29, 1.82) is 0 Å². The highest BCUT2D eigenvalue weighted by molar-refractivity contribution is 6.30. The second kappa shape index (κ2) is 7.83. The first-order valence-corrected chi connectivity index (χ1v) is 9.31. The first kappa shape index (κ1) is 20.8. The monoisotopic (exact) mass is 420 g/mol. The van der Waals surface area contributed by atoms with Gasteiger partial charge in [-0.3, -0.25) is 14.2 Å². The predicted molar refractivity (Wildman–Crippen MR) is 106 cm³/mol. The topological polar surface area (TPSA) is 85.3 Å². The van der Waals surface area contributed by atoms with Gasteiger partial charge in [-0.05, 0) is 55.2 Å². The van der Waals surface area contributed by atoms with E-state index in [2.05, 4.69) is 0 Å². The molecule has 0 aliphatic rings. The molecule has 0 aliphatic carbocycles. The molecule has 1 aromatic heterocycles. The average Bonchev–Trinajstić information content (AvgIpc) is 2.97. The Labute approximate surface area is 170 Å². The van der Waals surface area contributed by atoms with Crippen LogP contribution in [0, 0.1) is 18.6 Å². The van der Waals surface area contributed by atoms with Crippen LogP contribution in [-0.2, 0) is 4.79 Å². The number of nitrogens with two attached hydrogens (primary N) is 1. The van der Waals surface area contributed by atoms with Crippen LogP contribution in [0.3, 0.4) is 0 Å². The molecular weight excluding hydrogens is 402 g/mol. The Morgan fingerprint density at radius 1 is 1.24 bits per heavy atom. The molecule has 0 unspecified atom stereocenters. The summed E-state index contributed by atoms with van der Waals surface area (Å²) < 4.78 is 30.0. The lowest BCUT2D eigenvalue weighted by Gasteiger charge is -2.13. The number of nitrogens with zero attached hydrogens (tertiary/aromatic N) is 1. The lowest BCUT2D eigenvalue weighted by Crippen LogP contribution is -2.15.